The molecule has 0 aliphatic carbocycles. The lowest BCUT2D eigenvalue weighted by Gasteiger charge is -2.07. The highest BCUT2D eigenvalue weighted by atomic mass is 16.5. The molecule has 0 saturated carbocycles. The fraction of sp³-hybridized carbons (Fsp3) is 0.105. The molecular formula is C19H17N5O3. The molecule has 2 N–H and O–H groups in total. The molecule has 0 saturated heterocycles. The van der Waals surface area contributed by atoms with Crippen LogP contribution < -0.4 is 10.6 Å². The van der Waals surface area contributed by atoms with E-state index >= 15 is 0 Å². The summed E-state index contributed by atoms with van der Waals surface area (Å²) in [6.45, 7) is 0.550. The molecule has 0 unspecified atom stereocenters. The molecule has 1 aromatic carbocycles. The van der Waals surface area contributed by atoms with Gasteiger partial charge in [0.25, 0.3) is 5.91 Å². The standard InChI is InChI=1S/C19H17N5O3/c1-27-19(26)14-5-2-6-15(10-14)22-18(25)16-7-8-17(24-23-16)21-12-13-4-3-9-20-11-13/h2-11H,12H2,1H3,(H,21,24)(H,22,25). The van der Waals surface area contributed by atoms with Crippen LogP contribution in [0.1, 0.15) is 26.4 Å². The monoisotopic (exact) mass is 363 g/mol. The van der Waals surface area contributed by atoms with E-state index in [1.165, 1.54) is 13.2 Å². The lowest BCUT2D eigenvalue weighted by atomic mass is 10.2. The van der Waals surface area contributed by atoms with E-state index in [1.807, 2.05) is 12.1 Å². The van der Waals surface area contributed by atoms with Gasteiger partial charge in [0.05, 0.1) is 12.7 Å². The van der Waals surface area contributed by atoms with Crippen LogP contribution >= 0.6 is 0 Å². The summed E-state index contributed by atoms with van der Waals surface area (Å²) in [7, 11) is 1.30. The van der Waals surface area contributed by atoms with Gasteiger partial charge in [-0.05, 0) is 42.0 Å². The van der Waals surface area contributed by atoms with Crippen LogP contribution in [0.25, 0.3) is 0 Å². The third kappa shape index (κ3) is 4.85. The van der Waals surface area contributed by atoms with Crippen molar-refractivity contribution in [2.75, 3.05) is 17.7 Å². The molecule has 0 aliphatic rings. The highest BCUT2D eigenvalue weighted by Gasteiger charge is 2.11. The fourth-order valence-electron chi connectivity index (χ4n) is 2.28. The maximum atomic E-state index is 12.3. The summed E-state index contributed by atoms with van der Waals surface area (Å²) in [6, 6.07) is 13.5. The number of aromatic nitrogens is 3. The first kappa shape index (κ1) is 18.0. The van der Waals surface area contributed by atoms with Crippen LogP contribution in [0.5, 0.6) is 0 Å². The molecule has 2 aromatic heterocycles. The lowest BCUT2D eigenvalue weighted by molar-refractivity contribution is 0.0600. The lowest BCUT2D eigenvalue weighted by Crippen LogP contribution is -2.15. The number of esters is 1. The minimum absolute atomic E-state index is 0.158. The van der Waals surface area contributed by atoms with E-state index in [2.05, 4.69) is 30.6 Å². The summed E-state index contributed by atoms with van der Waals surface area (Å²) in [5.74, 6) is -0.360. The van der Waals surface area contributed by atoms with Crippen LogP contribution in [-0.2, 0) is 11.3 Å². The Labute approximate surface area is 155 Å². The van der Waals surface area contributed by atoms with Gasteiger partial charge in [0.2, 0.25) is 0 Å². The van der Waals surface area contributed by atoms with Crippen LogP contribution in [-0.4, -0.2) is 34.2 Å². The van der Waals surface area contributed by atoms with Crippen molar-refractivity contribution in [1.82, 2.24) is 15.2 Å². The van der Waals surface area contributed by atoms with Crippen molar-refractivity contribution in [2.45, 2.75) is 6.54 Å². The number of hydrogen-bond acceptors (Lipinski definition) is 7. The van der Waals surface area contributed by atoms with E-state index < -0.39 is 11.9 Å². The summed E-state index contributed by atoms with van der Waals surface area (Å²) < 4.78 is 4.66. The summed E-state index contributed by atoms with van der Waals surface area (Å²) >= 11 is 0. The molecule has 0 fully saturated rings. The Bertz CT molecular complexity index is 930. The second-order valence-corrected chi connectivity index (χ2v) is 5.55. The zero-order valence-corrected chi connectivity index (χ0v) is 14.5. The number of ether oxygens (including phenoxy) is 1. The maximum absolute atomic E-state index is 12.3. The number of nitrogens with one attached hydrogen (secondary N) is 2. The zero-order chi connectivity index (χ0) is 19.1. The molecule has 8 nitrogen and oxygen atoms in total. The fourth-order valence-corrected chi connectivity index (χ4v) is 2.28. The topological polar surface area (TPSA) is 106 Å². The van der Waals surface area contributed by atoms with Crippen LogP contribution in [0, 0.1) is 0 Å². The first-order chi connectivity index (χ1) is 13.2. The van der Waals surface area contributed by atoms with E-state index in [9.17, 15) is 9.59 Å². The number of nitrogens with zero attached hydrogens (tertiary/aromatic N) is 3. The first-order valence-electron chi connectivity index (χ1n) is 8.12. The SMILES string of the molecule is COC(=O)c1cccc(NC(=O)c2ccc(NCc3cccnc3)nn2)c1. The predicted octanol–water partition coefficient (Wildman–Crippen LogP) is 2.52. The van der Waals surface area contributed by atoms with Crippen molar-refractivity contribution in [1.29, 1.82) is 0 Å². The van der Waals surface area contributed by atoms with Gasteiger partial charge in [0.1, 0.15) is 5.82 Å². The van der Waals surface area contributed by atoms with Gasteiger partial charge in [-0.15, -0.1) is 10.2 Å². The van der Waals surface area contributed by atoms with Crippen molar-refractivity contribution in [3.8, 4) is 0 Å². The van der Waals surface area contributed by atoms with E-state index in [4.69, 9.17) is 0 Å². The average molecular weight is 363 g/mol. The summed E-state index contributed by atoms with van der Waals surface area (Å²) in [4.78, 5) is 27.9. The Morgan fingerprint density at radius 2 is 1.96 bits per heavy atom. The number of hydrogen-bond donors (Lipinski definition) is 2. The van der Waals surface area contributed by atoms with Gasteiger partial charge >= 0.3 is 5.97 Å². The normalized spacial score (nSPS) is 10.1. The smallest absolute Gasteiger partial charge is 0.337 e. The van der Waals surface area contributed by atoms with Gasteiger partial charge < -0.3 is 15.4 Å². The Morgan fingerprint density at radius 1 is 1.07 bits per heavy atom. The summed E-state index contributed by atoms with van der Waals surface area (Å²) in [6.07, 6.45) is 3.46. The van der Waals surface area contributed by atoms with Gasteiger partial charge in [-0.3, -0.25) is 9.78 Å². The second kappa shape index (κ2) is 8.52. The molecular weight excluding hydrogens is 346 g/mol. The van der Waals surface area contributed by atoms with Crippen molar-refractivity contribution in [2.24, 2.45) is 0 Å². The third-order valence-electron chi connectivity index (χ3n) is 3.64. The molecule has 0 bridgehead atoms. The molecule has 27 heavy (non-hydrogen) atoms. The Morgan fingerprint density at radius 3 is 2.67 bits per heavy atom. The number of rotatable bonds is 6. The largest absolute Gasteiger partial charge is 0.465 e. The third-order valence-corrected chi connectivity index (χ3v) is 3.64. The molecule has 0 atom stereocenters. The quantitative estimate of drug-likeness (QED) is 0.648. The summed E-state index contributed by atoms with van der Waals surface area (Å²) in [5.41, 5.74) is 1.97. The molecule has 0 radical (unpaired) electrons. The van der Waals surface area contributed by atoms with Crippen molar-refractivity contribution in [3.63, 3.8) is 0 Å². The van der Waals surface area contributed by atoms with Gasteiger partial charge in [-0.25, -0.2) is 4.79 Å². The van der Waals surface area contributed by atoms with Crippen LogP contribution in [0.4, 0.5) is 11.5 Å². The number of pyridine rings is 1. The van der Waals surface area contributed by atoms with Crippen LogP contribution in [0.3, 0.4) is 0 Å². The highest BCUT2D eigenvalue weighted by molar-refractivity contribution is 6.03. The highest BCUT2D eigenvalue weighted by Crippen LogP contribution is 2.13. The Balaban J connectivity index is 1.61. The van der Waals surface area contributed by atoms with Crippen LogP contribution in [0.15, 0.2) is 60.9 Å². The second-order valence-electron chi connectivity index (χ2n) is 5.55. The molecule has 3 aromatic rings. The minimum Gasteiger partial charge on any atom is -0.465 e. The number of benzene rings is 1. The van der Waals surface area contributed by atoms with E-state index in [-0.39, 0.29) is 5.69 Å². The number of carbonyl (C=O) groups excluding carboxylic acids is 2. The van der Waals surface area contributed by atoms with Crippen LogP contribution in [0.2, 0.25) is 0 Å². The number of anilines is 2. The van der Waals surface area contributed by atoms with Gasteiger partial charge in [0, 0.05) is 24.6 Å². The maximum Gasteiger partial charge on any atom is 0.337 e. The van der Waals surface area contributed by atoms with Gasteiger partial charge in [0.15, 0.2) is 5.69 Å². The number of carbonyl (C=O) groups is 2. The predicted molar refractivity (Wildman–Crippen MR) is 99.3 cm³/mol. The van der Waals surface area contributed by atoms with E-state index in [0.717, 1.165) is 5.56 Å². The van der Waals surface area contributed by atoms with E-state index in [0.29, 0.717) is 23.6 Å². The molecule has 1 amide bonds. The average Bonchev–Trinajstić information content (AvgIpc) is 2.73. The van der Waals surface area contributed by atoms with E-state index in [1.54, 1.807) is 42.7 Å². The molecule has 0 spiro atoms. The molecule has 3 rings (SSSR count). The molecule has 136 valence electrons. The molecule has 0 aliphatic heterocycles. The zero-order valence-electron chi connectivity index (χ0n) is 14.5. The first-order valence-corrected chi connectivity index (χ1v) is 8.12. The van der Waals surface area contributed by atoms with Crippen molar-refractivity contribution < 1.29 is 14.3 Å². The van der Waals surface area contributed by atoms with Gasteiger partial charge in [-0.1, -0.05) is 12.1 Å². The minimum atomic E-state index is -0.477. The Hall–Kier alpha value is -3.81. The number of amides is 1. The Kier molecular flexibility index (Phi) is 5.68. The van der Waals surface area contributed by atoms with Gasteiger partial charge in [-0.2, -0.15) is 0 Å². The molecule has 2 heterocycles. The van der Waals surface area contributed by atoms with Crippen molar-refractivity contribution in [3.05, 3.63) is 77.7 Å². The summed E-state index contributed by atoms with van der Waals surface area (Å²) in [5, 5.41) is 13.7. The molecule has 8 heteroatoms. The number of methoxy groups -OCH3 is 1. The van der Waals surface area contributed by atoms with Crippen molar-refractivity contribution >= 4 is 23.4 Å².